The summed E-state index contributed by atoms with van der Waals surface area (Å²) in [6.07, 6.45) is 2.72. The smallest absolute Gasteiger partial charge is 0.283 e. The number of nitrogens with one attached hydrogen (secondary N) is 1. The minimum absolute atomic E-state index is 0.0405. The van der Waals surface area contributed by atoms with Crippen molar-refractivity contribution in [2.45, 2.75) is 13.3 Å². The minimum Gasteiger partial charge on any atom is -0.497 e. The van der Waals surface area contributed by atoms with Crippen molar-refractivity contribution in [3.8, 4) is 11.4 Å². The number of ether oxygens (including phenoxy) is 1. The number of amides is 2. The van der Waals surface area contributed by atoms with E-state index in [0.29, 0.717) is 17.1 Å². The molecule has 0 radical (unpaired) electrons. The van der Waals surface area contributed by atoms with Gasteiger partial charge >= 0.3 is 0 Å². The van der Waals surface area contributed by atoms with Gasteiger partial charge in [-0.15, -0.1) is 0 Å². The van der Waals surface area contributed by atoms with Crippen LogP contribution in [0.4, 0.5) is 5.69 Å². The second kappa shape index (κ2) is 8.47. The molecule has 2 amide bonds. The lowest BCUT2D eigenvalue weighted by atomic mass is 10.1. The third-order valence-electron chi connectivity index (χ3n) is 5.86. The van der Waals surface area contributed by atoms with Gasteiger partial charge in [0.05, 0.1) is 24.9 Å². The van der Waals surface area contributed by atoms with Gasteiger partial charge in [0.1, 0.15) is 17.5 Å². The van der Waals surface area contributed by atoms with Gasteiger partial charge in [-0.25, -0.2) is 14.3 Å². The molecule has 1 atom stereocenters. The quantitative estimate of drug-likeness (QED) is 0.490. The number of carbonyl (C=O) groups is 2. The summed E-state index contributed by atoms with van der Waals surface area (Å²) in [6, 6.07) is 14.8. The molecular formula is C24H22N6O4. The molecule has 3 heterocycles. The molecular weight excluding hydrogens is 436 g/mol. The summed E-state index contributed by atoms with van der Waals surface area (Å²) in [5.41, 5.74) is 5.05. The molecule has 1 aliphatic rings. The molecule has 5 rings (SSSR count). The summed E-state index contributed by atoms with van der Waals surface area (Å²) < 4.78 is 7.82. The molecule has 1 unspecified atom stereocenters. The summed E-state index contributed by atoms with van der Waals surface area (Å²) in [6.45, 7) is 2.19. The summed E-state index contributed by atoms with van der Waals surface area (Å²) >= 11 is 0. The van der Waals surface area contributed by atoms with Crippen molar-refractivity contribution in [1.82, 2.24) is 19.4 Å². The van der Waals surface area contributed by atoms with Gasteiger partial charge in [0.15, 0.2) is 5.65 Å². The molecule has 0 spiro atoms. The van der Waals surface area contributed by atoms with E-state index >= 15 is 0 Å². The van der Waals surface area contributed by atoms with Crippen LogP contribution in [-0.4, -0.2) is 44.9 Å². The van der Waals surface area contributed by atoms with Crippen molar-refractivity contribution >= 4 is 28.5 Å². The van der Waals surface area contributed by atoms with E-state index in [-0.39, 0.29) is 24.3 Å². The van der Waals surface area contributed by atoms with Gasteiger partial charge in [0.2, 0.25) is 11.8 Å². The predicted molar refractivity (Wildman–Crippen MR) is 126 cm³/mol. The first kappa shape index (κ1) is 21.4. The molecule has 0 aliphatic carbocycles. The van der Waals surface area contributed by atoms with Crippen LogP contribution in [-0.2, 0) is 9.59 Å². The predicted octanol–water partition coefficient (Wildman–Crippen LogP) is 2.02. The van der Waals surface area contributed by atoms with E-state index in [1.165, 1.54) is 12.5 Å². The number of methoxy groups -OCH3 is 1. The molecule has 0 bridgehead atoms. The van der Waals surface area contributed by atoms with Crippen molar-refractivity contribution in [3.05, 3.63) is 77.0 Å². The molecule has 2 aromatic heterocycles. The number of hydrogen-bond donors (Lipinski definition) is 1. The van der Waals surface area contributed by atoms with Crippen LogP contribution < -0.4 is 20.6 Å². The Kier molecular flexibility index (Phi) is 5.33. The Hall–Kier alpha value is -4.47. The van der Waals surface area contributed by atoms with Gasteiger partial charge < -0.3 is 9.64 Å². The van der Waals surface area contributed by atoms with Crippen LogP contribution in [0.15, 0.2) is 65.8 Å². The number of benzene rings is 2. The first-order valence-corrected chi connectivity index (χ1v) is 10.7. The normalized spacial score (nSPS) is 15.6. The Morgan fingerprint density at radius 2 is 1.91 bits per heavy atom. The van der Waals surface area contributed by atoms with Crippen LogP contribution in [0.3, 0.4) is 0 Å². The zero-order valence-electron chi connectivity index (χ0n) is 18.6. The van der Waals surface area contributed by atoms with E-state index in [0.717, 1.165) is 15.9 Å². The second-order valence-corrected chi connectivity index (χ2v) is 8.13. The Morgan fingerprint density at radius 1 is 1.12 bits per heavy atom. The topological polar surface area (TPSA) is 111 Å². The van der Waals surface area contributed by atoms with Crippen LogP contribution in [0.2, 0.25) is 0 Å². The van der Waals surface area contributed by atoms with Crippen molar-refractivity contribution in [3.63, 3.8) is 0 Å². The lowest BCUT2D eigenvalue weighted by Crippen LogP contribution is -2.37. The highest BCUT2D eigenvalue weighted by atomic mass is 16.5. The molecule has 4 aromatic rings. The van der Waals surface area contributed by atoms with Gasteiger partial charge in [-0.3, -0.25) is 19.8 Å². The largest absolute Gasteiger partial charge is 0.497 e. The van der Waals surface area contributed by atoms with Crippen LogP contribution in [0.1, 0.15) is 12.0 Å². The third-order valence-corrected chi connectivity index (χ3v) is 5.86. The fourth-order valence-electron chi connectivity index (χ4n) is 3.99. The highest BCUT2D eigenvalue weighted by Crippen LogP contribution is 2.28. The van der Waals surface area contributed by atoms with Crippen LogP contribution in [0.5, 0.6) is 5.75 Å². The molecule has 1 fully saturated rings. The molecule has 1 saturated heterocycles. The van der Waals surface area contributed by atoms with Crippen LogP contribution in [0, 0.1) is 12.8 Å². The average molecular weight is 458 g/mol. The maximum Gasteiger partial charge on any atom is 0.283 e. The first-order valence-electron chi connectivity index (χ1n) is 10.7. The van der Waals surface area contributed by atoms with Crippen molar-refractivity contribution in [1.29, 1.82) is 0 Å². The number of fused-ring (bicyclic) bond motifs is 1. The Bertz CT molecular complexity index is 1460. The molecule has 172 valence electrons. The fourth-order valence-corrected chi connectivity index (χ4v) is 3.99. The summed E-state index contributed by atoms with van der Waals surface area (Å²) in [5.74, 6) is -0.603. The van der Waals surface area contributed by atoms with E-state index in [2.05, 4.69) is 15.5 Å². The Labute approximate surface area is 194 Å². The molecule has 10 nitrogen and oxygen atoms in total. The standard InChI is InChI=1S/C24H22N6O4/c1-15-6-8-17(9-7-15)30-22-20(12-26-30)24(33)29(14-25-22)27-23(32)16-10-21(31)28(13-16)18-4-3-5-19(11-18)34-2/h3-9,11-12,14,16H,10,13H2,1-2H3,(H,27,32). The highest BCUT2D eigenvalue weighted by molar-refractivity contribution is 6.02. The van der Waals surface area contributed by atoms with Gasteiger partial charge in [-0.2, -0.15) is 5.10 Å². The van der Waals surface area contributed by atoms with Gasteiger partial charge in [-0.1, -0.05) is 23.8 Å². The number of anilines is 1. The van der Waals surface area contributed by atoms with Crippen LogP contribution in [0.25, 0.3) is 16.7 Å². The lowest BCUT2D eigenvalue weighted by Gasteiger charge is -2.17. The summed E-state index contributed by atoms with van der Waals surface area (Å²) in [4.78, 5) is 44.3. The maximum atomic E-state index is 13.0. The zero-order valence-corrected chi connectivity index (χ0v) is 18.6. The molecule has 1 aliphatic heterocycles. The molecule has 1 N–H and O–H groups in total. The van der Waals surface area contributed by atoms with E-state index in [9.17, 15) is 14.4 Å². The first-order chi connectivity index (χ1) is 16.4. The number of nitrogens with zero attached hydrogens (tertiary/aromatic N) is 5. The Balaban J connectivity index is 1.35. The van der Waals surface area contributed by atoms with Gasteiger partial charge in [0.25, 0.3) is 5.56 Å². The molecule has 34 heavy (non-hydrogen) atoms. The van der Waals surface area contributed by atoms with E-state index < -0.39 is 17.4 Å². The van der Waals surface area contributed by atoms with Crippen molar-refractivity contribution in [2.24, 2.45) is 5.92 Å². The number of aromatic nitrogens is 4. The van der Waals surface area contributed by atoms with E-state index in [1.807, 2.05) is 31.2 Å². The van der Waals surface area contributed by atoms with E-state index in [4.69, 9.17) is 4.74 Å². The highest BCUT2D eigenvalue weighted by Gasteiger charge is 2.35. The maximum absolute atomic E-state index is 13.0. The molecule has 2 aromatic carbocycles. The van der Waals surface area contributed by atoms with Crippen molar-refractivity contribution < 1.29 is 14.3 Å². The SMILES string of the molecule is COc1cccc(N2CC(C(=O)Nn3cnc4c(cnn4-c4ccc(C)cc4)c3=O)CC2=O)c1. The third kappa shape index (κ3) is 3.79. The fraction of sp³-hybridized carbons (Fsp3) is 0.208. The summed E-state index contributed by atoms with van der Waals surface area (Å²) in [5, 5.41) is 4.56. The monoisotopic (exact) mass is 458 g/mol. The average Bonchev–Trinajstić information content (AvgIpc) is 3.46. The number of carbonyl (C=O) groups excluding carboxylic acids is 2. The number of hydrogen-bond acceptors (Lipinski definition) is 6. The zero-order chi connectivity index (χ0) is 23.8. The second-order valence-electron chi connectivity index (χ2n) is 8.13. The van der Waals surface area contributed by atoms with Crippen molar-refractivity contribution in [2.75, 3.05) is 24.0 Å². The lowest BCUT2D eigenvalue weighted by molar-refractivity contribution is -0.123. The minimum atomic E-state index is -0.614. The molecule has 10 heteroatoms. The van der Waals surface area contributed by atoms with Crippen LogP contribution >= 0.6 is 0 Å². The molecule has 0 saturated carbocycles. The summed E-state index contributed by atoms with van der Waals surface area (Å²) in [7, 11) is 1.55. The van der Waals surface area contributed by atoms with Gasteiger partial charge in [0, 0.05) is 24.7 Å². The van der Waals surface area contributed by atoms with Gasteiger partial charge in [-0.05, 0) is 31.2 Å². The Morgan fingerprint density at radius 3 is 2.68 bits per heavy atom. The number of aryl methyl sites for hydroxylation is 1. The number of rotatable bonds is 5. The van der Waals surface area contributed by atoms with E-state index in [1.54, 1.807) is 41.0 Å².